The summed E-state index contributed by atoms with van der Waals surface area (Å²) in [6.45, 7) is 4.10. The summed E-state index contributed by atoms with van der Waals surface area (Å²) in [4.78, 5) is 2.63. The molecule has 0 aliphatic carbocycles. The maximum absolute atomic E-state index is 13.3. The van der Waals surface area contributed by atoms with Gasteiger partial charge in [0.1, 0.15) is 5.82 Å². The molecule has 2 N–H and O–H groups in total. The summed E-state index contributed by atoms with van der Waals surface area (Å²) >= 11 is 0. The number of nitrogens with zero attached hydrogens (tertiary/aromatic N) is 3. The van der Waals surface area contributed by atoms with E-state index in [4.69, 9.17) is 11.3 Å². The number of hydrogen-bond donors (Lipinski definition) is 1. The third kappa shape index (κ3) is 3.22. The van der Waals surface area contributed by atoms with Gasteiger partial charge in [-0.2, -0.15) is 0 Å². The number of nitrogens with two attached hydrogens (primary N) is 1. The Balaban J connectivity index is 2.99. The van der Waals surface area contributed by atoms with E-state index in [9.17, 15) is 4.39 Å². The Morgan fingerprint density at radius 1 is 1.38 bits per heavy atom. The average molecular weight is 222 g/mol. The molecule has 0 aliphatic rings. The average Bonchev–Trinajstić information content (AvgIpc) is 2.24. The number of hydrogen-bond acceptors (Lipinski definition) is 2. The van der Waals surface area contributed by atoms with Crippen LogP contribution >= 0.6 is 0 Å². The van der Waals surface area contributed by atoms with E-state index in [1.165, 1.54) is 12.1 Å². The van der Waals surface area contributed by atoms with Gasteiger partial charge >= 0.3 is 0 Å². The molecule has 86 valence electrons. The van der Waals surface area contributed by atoms with Crippen LogP contribution < -0.4 is 5.73 Å². The SMILES string of the molecule is CC(C)c1cc(F)cc([C@H](N)CN=[N+]=[N-])c1. The van der Waals surface area contributed by atoms with Gasteiger partial charge in [-0.15, -0.1) is 0 Å². The topological polar surface area (TPSA) is 74.8 Å². The highest BCUT2D eigenvalue weighted by atomic mass is 19.1. The highest BCUT2D eigenvalue weighted by Crippen LogP contribution is 2.21. The van der Waals surface area contributed by atoms with Gasteiger partial charge in [-0.1, -0.05) is 25.0 Å². The molecule has 0 bridgehead atoms. The van der Waals surface area contributed by atoms with Crippen LogP contribution in [0.15, 0.2) is 23.3 Å². The molecule has 0 fully saturated rings. The van der Waals surface area contributed by atoms with Crippen molar-refractivity contribution in [2.45, 2.75) is 25.8 Å². The summed E-state index contributed by atoms with van der Waals surface area (Å²) in [5.41, 5.74) is 15.5. The number of halogens is 1. The van der Waals surface area contributed by atoms with Gasteiger partial charge in [-0.05, 0) is 34.7 Å². The molecule has 0 unspecified atom stereocenters. The van der Waals surface area contributed by atoms with E-state index in [0.717, 1.165) is 5.56 Å². The Bertz CT molecular complexity index is 410. The smallest absolute Gasteiger partial charge is 0.123 e. The van der Waals surface area contributed by atoms with E-state index in [-0.39, 0.29) is 18.3 Å². The summed E-state index contributed by atoms with van der Waals surface area (Å²) in [6, 6.07) is 4.27. The first-order valence-electron chi connectivity index (χ1n) is 5.11. The molecule has 0 aliphatic heterocycles. The van der Waals surface area contributed by atoms with E-state index in [1.54, 1.807) is 0 Å². The molecule has 0 heterocycles. The second-order valence-electron chi connectivity index (χ2n) is 3.99. The van der Waals surface area contributed by atoms with Gasteiger partial charge in [0.05, 0.1) is 0 Å². The van der Waals surface area contributed by atoms with Crippen molar-refractivity contribution >= 4 is 0 Å². The maximum Gasteiger partial charge on any atom is 0.123 e. The lowest BCUT2D eigenvalue weighted by Gasteiger charge is -2.13. The van der Waals surface area contributed by atoms with Crippen molar-refractivity contribution in [2.75, 3.05) is 6.54 Å². The van der Waals surface area contributed by atoms with Crippen molar-refractivity contribution in [3.63, 3.8) is 0 Å². The highest BCUT2D eigenvalue weighted by Gasteiger charge is 2.09. The van der Waals surface area contributed by atoms with E-state index in [2.05, 4.69) is 10.0 Å². The van der Waals surface area contributed by atoms with Gasteiger partial charge < -0.3 is 5.73 Å². The Morgan fingerprint density at radius 2 is 2.00 bits per heavy atom. The van der Waals surface area contributed by atoms with E-state index in [1.807, 2.05) is 19.9 Å². The molecule has 0 saturated heterocycles. The van der Waals surface area contributed by atoms with Crippen LogP contribution in [0.3, 0.4) is 0 Å². The van der Waals surface area contributed by atoms with Crippen LogP contribution in [-0.4, -0.2) is 6.54 Å². The Kier molecular flexibility index (Phi) is 4.28. The van der Waals surface area contributed by atoms with Crippen LogP contribution in [0.1, 0.15) is 36.9 Å². The molecule has 1 rings (SSSR count). The highest BCUT2D eigenvalue weighted by molar-refractivity contribution is 5.29. The minimum Gasteiger partial charge on any atom is -0.324 e. The normalized spacial score (nSPS) is 12.3. The second kappa shape index (κ2) is 5.49. The number of benzene rings is 1. The first-order valence-corrected chi connectivity index (χ1v) is 5.11. The Morgan fingerprint density at radius 3 is 2.56 bits per heavy atom. The van der Waals surface area contributed by atoms with Crippen molar-refractivity contribution in [1.82, 2.24) is 0 Å². The Labute approximate surface area is 93.9 Å². The van der Waals surface area contributed by atoms with Gasteiger partial charge in [-0.3, -0.25) is 0 Å². The molecule has 0 amide bonds. The van der Waals surface area contributed by atoms with Crippen molar-refractivity contribution in [3.8, 4) is 0 Å². The van der Waals surface area contributed by atoms with Gasteiger partial charge in [-0.25, -0.2) is 4.39 Å². The Hall–Kier alpha value is -1.58. The fourth-order valence-corrected chi connectivity index (χ4v) is 1.41. The first-order chi connectivity index (χ1) is 7.54. The van der Waals surface area contributed by atoms with Crippen LogP contribution in [0, 0.1) is 5.82 Å². The molecule has 1 aromatic carbocycles. The number of azide groups is 1. The van der Waals surface area contributed by atoms with Gasteiger partial charge in [0.25, 0.3) is 0 Å². The van der Waals surface area contributed by atoms with Crippen LogP contribution in [0.5, 0.6) is 0 Å². The molecule has 0 radical (unpaired) electrons. The first kappa shape index (κ1) is 12.5. The standard InChI is InChI=1S/C11H15FN4/c1-7(2)8-3-9(5-10(12)4-8)11(13)6-15-16-14/h3-5,7,11H,6,13H2,1-2H3/t11-/m1/s1. The third-order valence-corrected chi connectivity index (χ3v) is 2.38. The zero-order chi connectivity index (χ0) is 12.1. The molecule has 1 atom stereocenters. The van der Waals surface area contributed by atoms with Crippen molar-refractivity contribution in [1.29, 1.82) is 0 Å². The molecule has 0 aromatic heterocycles. The van der Waals surface area contributed by atoms with Crippen LogP contribution in [0.25, 0.3) is 10.4 Å². The molecule has 0 saturated carbocycles. The molecular weight excluding hydrogens is 207 g/mol. The lowest BCUT2D eigenvalue weighted by atomic mass is 9.98. The molecule has 0 spiro atoms. The van der Waals surface area contributed by atoms with Crippen molar-refractivity contribution in [2.24, 2.45) is 10.8 Å². The summed E-state index contributed by atoms with van der Waals surface area (Å²) < 4.78 is 13.3. The lowest BCUT2D eigenvalue weighted by molar-refractivity contribution is 0.614. The van der Waals surface area contributed by atoms with E-state index in [0.29, 0.717) is 5.56 Å². The monoisotopic (exact) mass is 222 g/mol. The summed E-state index contributed by atoms with van der Waals surface area (Å²) in [6.07, 6.45) is 0. The summed E-state index contributed by atoms with van der Waals surface area (Å²) in [5, 5.41) is 3.39. The quantitative estimate of drug-likeness (QED) is 0.474. The van der Waals surface area contributed by atoms with Crippen molar-refractivity contribution in [3.05, 3.63) is 45.6 Å². The van der Waals surface area contributed by atoms with Gasteiger partial charge in [0.2, 0.25) is 0 Å². The minimum atomic E-state index is -0.455. The fraction of sp³-hybridized carbons (Fsp3) is 0.455. The predicted molar refractivity (Wildman–Crippen MR) is 61.4 cm³/mol. The number of rotatable bonds is 4. The summed E-state index contributed by atoms with van der Waals surface area (Å²) in [5.74, 6) is -0.0706. The second-order valence-corrected chi connectivity index (χ2v) is 3.99. The molecular formula is C11H15FN4. The van der Waals surface area contributed by atoms with Crippen LogP contribution in [-0.2, 0) is 0 Å². The maximum atomic E-state index is 13.3. The fourth-order valence-electron chi connectivity index (χ4n) is 1.41. The van der Waals surface area contributed by atoms with Gasteiger partial charge in [0.15, 0.2) is 0 Å². The predicted octanol–water partition coefficient (Wildman–Crippen LogP) is 3.26. The van der Waals surface area contributed by atoms with Gasteiger partial charge in [0, 0.05) is 17.5 Å². The molecule has 1 aromatic rings. The van der Waals surface area contributed by atoms with Crippen LogP contribution in [0.2, 0.25) is 0 Å². The summed E-state index contributed by atoms with van der Waals surface area (Å²) in [7, 11) is 0. The largest absolute Gasteiger partial charge is 0.324 e. The molecule has 16 heavy (non-hydrogen) atoms. The molecule has 4 nitrogen and oxygen atoms in total. The minimum absolute atomic E-state index is 0.136. The van der Waals surface area contributed by atoms with Crippen LogP contribution in [0.4, 0.5) is 4.39 Å². The zero-order valence-corrected chi connectivity index (χ0v) is 9.39. The zero-order valence-electron chi connectivity index (χ0n) is 9.39. The van der Waals surface area contributed by atoms with Crippen molar-refractivity contribution < 1.29 is 4.39 Å². The molecule has 5 heteroatoms. The third-order valence-electron chi connectivity index (χ3n) is 2.38. The van der Waals surface area contributed by atoms with E-state index < -0.39 is 6.04 Å². The lowest BCUT2D eigenvalue weighted by Crippen LogP contribution is -2.14. The van der Waals surface area contributed by atoms with E-state index >= 15 is 0 Å².